The SMILES string of the molecule is Cc1cc(S(=O)(=O)N2c3ccccc3NC(=O)C2CC(=O)NCCC2CCCNC2)c(C)cc1Cl. The molecule has 2 amide bonds. The molecule has 2 aliphatic rings. The molecule has 2 unspecified atom stereocenters. The second kappa shape index (κ2) is 10.6. The Kier molecular flexibility index (Phi) is 7.68. The first-order valence-corrected chi connectivity index (χ1v) is 13.7. The number of carbonyl (C=O) groups excluding carboxylic acids is 2. The van der Waals surface area contributed by atoms with Crippen molar-refractivity contribution >= 4 is 44.8 Å². The summed E-state index contributed by atoms with van der Waals surface area (Å²) in [5.74, 6) is -0.401. The molecule has 2 heterocycles. The highest BCUT2D eigenvalue weighted by Crippen LogP contribution is 2.38. The summed E-state index contributed by atoms with van der Waals surface area (Å²) in [6.07, 6.45) is 2.80. The van der Waals surface area contributed by atoms with Gasteiger partial charge in [0.25, 0.3) is 10.0 Å². The van der Waals surface area contributed by atoms with Gasteiger partial charge in [0, 0.05) is 11.6 Å². The maximum Gasteiger partial charge on any atom is 0.265 e. The fraction of sp³-hybridized carbons (Fsp3) is 0.440. The summed E-state index contributed by atoms with van der Waals surface area (Å²) < 4.78 is 29.0. The predicted molar refractivity (Wildman–Crippen MR) is 137 cm³/mol. The lowest BCUT2D eigenvalue weighted by Crippen LogP contribution is -2.53. The molecule has 188 valence electrons. The van der Waals surface area contributed by atoms with Gasteiger partial charge >= 0.3 is 0 Å². The van der Waals surface area contributed by atoms with Crippen molar-refractivity contribution in [3.8, 4) is 0 Å². The number of para-hydroxylation sites is 2. The fourth-order valence-electron chi connectivity index (χ4n) is 4.71. The number of rotatable bonds is 7. The van der Waals surface area contributed by atoms with E-state index < -0.39 is 22.0 Å². The van der Waals surface area contributed by atoms with Gasteiger partial charge in [0.15, 0.2) is 0 Å². The highest BCUT2D eigenvalue weighted by Gasteiger charge is 2.42. The average molecular weight is 519 g/mol. The van der Waals surface area contributed by atoms with Gasteiger partial charge in [-0.1, -0.05) is 23.7 Å². The van der Waals surface area contributed by atoms with E-state index in [9.17, 15) is 18.0 Å². The Labute approximate surface area is 211 Å². The first kappa shape index (κ1) is 25.5. The molecule has 3 N–H and O–H groups in total. The highest BCUT2D eigenvalue weighted by atomic mass is 35.5. The number of fused-ring (bicyclic) bond motifs is 1. The second-order valence-corrected chi connectivity index (χ2v) is 11.4. The number of amides is 2. The van der Waals surface area contributed by atoms with Crippen molar-refractivity contribution in [1.29, 1.82) is 0 Å². The number of carbonyl (C=O) groups is 2. The van der Waals surface area contributed by atoms with Crippen molar-refractivity contribution in [3.05, 3.63) is 52.5 Å². The largest absolute Gasteiger partial charge is 0.356 e. The smallest absolute Gasteiger partial charge is 0.265 e. The van der Waals surface area contributed by atoms with Crippen LogP contribution in [0.15, 0.2) is 41.3 Å². The molecule has 35 heavy (non-hydrogen) atoms. The highest BCUT2D eigenvalue weighted by molar-refractivity contribution is 7.93. The molecule has 2 aromatic carbocycles. The quantitative estimate of drug-likeness (QED) is 0.521. The third-order valence-corrected chi connectivity index (χ3v) is 9.00. The van der Waals surface area contributed by atoms with E-state index in [0.717, 1.165) is 36.7 Å². The van der Waals surface area contributed by atoms with Crippen molar-refractivity contribution in [1.82, 2.24) is 10.6 Å². The van der Waals surface area contributed by atoms with Crippen LogP contribution in [-0.4, -0.2) is 45.9 Å². The van der Waals surface area contributed by atoms with Crippen LogP contribution >= 0.6 is 11.6 Å². The maximum absolute atomic E-state index is 14.0. The van der Waals surface area contributed by atoms with Crippen molar-refractivity contribution in [2.75, 3.05) is 29.3 Å². The minimum absolute atomic E-state index is 0.0547. The Balaban J connectivity index is 1.61. The second-order valence-electron chi connectivity index (χ2n) is 9.25. The average Bonchev–Trinajstić information content (AvgIpc) is 2.82. The van der Waals surface area contributed by atoms with Crippen LogP contribution in [0.3, 0.4) is 0 Å². The zero-order chi connectivity index (χ0) is 25.2. The van der Waals surface area contributed by atoms with E-state index in [1.807, 2.05) is 0 Å². The number of sulfonamides is 1. The molecule has 0 saturated carbocycles. The van der Waals surface area contributed by atoms with Gasteiger partial charge in [0.2, 0.25) is 11.8 Å². The molecule has 8 nitrogen and oxygen atoms in total. The van der Waals surface area contributed by atoms with Gasteiger partial charge in [-0.05, 0) is 87.5 Å². The van der Waals surface area contributed by atoms with Crippen LogP contribution in [-0.2, 0) is 19.6 Å². The minimum atomic E-state index is -4.19. The van der Waals surface area contributed by atoms with Crippen LogP contribution in [0.1, 0.15) is 36.8 Å². The Hall–Kier alpha value is -2.62. The van der Waals surface area contributed by atoms with E-state index in [1.165, 1.54) is 6.07 Å². The summed E-state index contributed by atoms with van der Waals surface area (Å²) in [5, 5.41) is 9.45. The van der Waals surface area contributed by atoms with Crippen molar-refractivity contribution in [3.63, 3.8) is 0 Å². The van der Waals surface area contributed by atoms with Gasteiger partial charge in [-0.2, -0.15) is 0 Å². The molecule has 0 bridgehead atoms. The first-order valence-electron chi connectivity index (χ1n) is 11.9. The zero-order valence-corrected chi connectivity index (χ0v) is 21.5. The Bertz CT molecular complexity index is 1230. The van der Waals surface area contributed by atoms with Gasteiger partial charge in [0.1, 0.15) is 6.04 Å². The molecule has 2 aromatic rings. The van der Waals surface area contributed by atoms with E-state index >= 15 is 0 Å². The molecular formula is C25H31ClN4O4S. The summed E-state index contributed by atoms with van der Waals surface area (Å²) in [6.45, 7) is 5.83. The molecule has 0 aromatic heterocycles. The van der Waals surface area contributed by atoms with E-state index in [4.69, 9.17) is 11.6 Å². The fourth-order valence-corrected chi connectivity index (χ4v) is 6.85. The van der Waals surface area contributed by atoms with Crippen molar-refractivity contribution in [2.24, 2.45) is 5.92 Å². The summed E-state index contributed by atoms with van der Waals surface area (Å²) in [4.78, 5) is 26.0. The predicted octanol–water partition coefficient (Wildman–Crippen LogP) is 3.37. The molecular weight excluding hydrogens is 488 g/mol. The molecule has 2 atom stereocenters. The lowest BCUT2D eigenvalue weighted by molar-refractivity contribution is -0.125. The number of nitrogens with one attached hydrogen (secondary N) is 3. The Morgan fingerprint density at radius 2 is 1.97 bits per heavy atom. The minimum Gasteiger partial charge on any atom is -0.356 e. The van der Waals surface area contributed by atoms with Gasteiger partial charge in [0.05, 0.1) is 22.7 Å². The standard InChI is InChI=1S/C25H31ClN4O4S/c1-16-13-23(17(2)12-19(16)26)35(33,34)30-21-8-4-3-7-20(21)29-25(32)22(30)14-24(31)28-11-9-18-6-5-10-27-15-18/h3-4,7-8,12-13,18,22,27H,5-6,9-11,14-15H2,1-2H3,(H,28,31)(H,29,32). The molecule has 1 saturated heterocycles. The number of halogens is 1. The summed E-state index contributed by atoms with van der Waals surface area (Å²) in [6, 6.07) is 8.58. The number of hydrogen-bond donors (Lipinski definition) is 3. The Morgan fingerprint density at radius 3 is 2.71 bits per heavy atom. The molecule has 0 aliphatic carbocycles. The normalized spacial score (nSPS) is 20.2. The van der Waals surface area contributed by atoms with E-state index in [2.05, 4.69) is 16.0 Å². The lowest BCUT2D eigenvalue weighted by Gasteiger charge is -2.37. The number of hydrogen-bond acceptors (Lipinski definition) is 5. The summed E-state index contributed by atoms with van der Waals surface area (Å²) in [5.41, 5.74) is 1.78. The van der Waals surface area contributed by atoms with Crippen molar-refractivity contribution in [2.45, 2.75) is 50.5 Å². The molecule has 4 rings (SSSR count). The monoisotopic (exact) mass is 518 g/mol. The molecule has 10 heteroatoms. The number of nitrogens with zero attached hydrogens (tertiary/aromatic N) is 1. The van der Waals surface area contributed by atoms with Crippen LogP contribution < -0.4 is 20.3 Å². The maximum atomic E-state index is 14.0. The van der Waals surface area contributed by atoms with E-state index in [-0.39, 0.29) is 17.2 Å². The molecule has 0 spiro atoms. The van der Waals surface area contributed by atoms with Gasteiger partial charge in [-0.15, -0.1) is 0 Å². The number of aryl methyl sites for hydroxylation is 2. The molecule has 2 aliphatic heterocycles. The van der Waals surface area contributed by atoms with Crippen LogP contribution in [0, 0.1) is 19.8 Å². The summed E-state index contributed by atoms with van der Waals surface area (Å²) >= 11 is 6.20. The molecule has 0 radical (unpaired) electrons. The third-order valence-electron chi connectivity index (χ3n) is 6.63. The van der Waals surface area contributed by atoms with Crippen LogP contribution in [0.5, 0.6) is 0 Å². The Morgan fingerprint density at radius 1 is 1.20 bits per heavy atom. The van der Waals surface area contributed by atoms with Gasteiger partial charge < -0.3 is 16.0 Å². The van der Waals surface area contributed by atoms with Crippen LogP contribution in [0.2, 0.25) is 5.02 Å². The van der Waals surface area contributed by atoms with Crippen LogP contribution in [0.4, 0.5) is 11.4 Å². The zero-order valence-electron chi connectivity index (χ0n) is 19.9. The number of benzene rings is 2. The first-order chi connectivity index (χ1) is 16.7. The van der Waals surface area contributed by atoms with Crippen molar-refractivity contribution < 1.29 is 18.0 Å². The van der Waals surface area contributed by atoms with Gasteiger partial charge in [-0.3, -0.25) is 13.9 Å². The topological polar surface area (TPSA) is 108 Å². The number of anilines is 2. The van der Waals surface area contributed by atoms with Crippen LogP contribution in [0.25, 0.3) is 0 Å². The van der Waals surface area contributed by atoms with E-state index in [0.29, 0.717) is 40.0 Å². The van der Waals surface area contributed by atoms with E-state index in [1.54, 1.807) is 44.2 Å². The van der Waals surface area contributed by atoms with Gasteiger partial charge in [-0.25, -0.2) is 8.42 Å². The number of piperidine rings is 1. The summed E-state index contributed by atoms with van der Waals surface area (Å²) in [7, 11) is -4.19. The molecule has 1 fully saturated rings. The third kappa shape index (κ3) is 5.47. The lowest BCUT2D eigenvalue weighted by atomic mass is 9.96.